The van der Waals surface area contributed by atoms with E-state index in [2.05, 4.69) is 38.4 Å². The highest BCUT2D eigenvalue weighted by Gasteiger charge is 2.05. The highest BCUT2D eigenvalue weighted by atomic mass is 79.9. The molecule has 0 fully saturated rings. The molecule has 0 radical (unpaired) electrons. The zero-order valence-corrected chi connectivity index (χ0v) is 12.1. The lowest BCUT2D eigenvalue weighted by atomic mass is 10.1. The SMILES string of the molecule is CCc1ccc(/C=N\NC(=O)c2cc(Br)c[nH]2)cc1. The monoisotopic (exact) mass is 319 g/mol. The Morgan fingerprint density at radius 1 is 1.42 bits per heavy atom. The van der Waals surface area contributed by atoms with Gasteiger partial charge in [0.1, 0.15) is 5.69 Å². The number of rotatable bonds is 4. The van der Waals surface area contributed by atoms with Crippen LogP contribution in [0.2, 0.25) is 0 Å². The number of aromatic nitrogens is 1. The van der Waals surface area contributed by atoms with Gasteiger partial charge < -0.3 is 4.98 Å². The van der Waals surface area contributed by atoms with Gasteiger partial charge in [-0.1, -0.05) is 31.2 Å². The van der Waals surface area contributed by atoms with Gasteiger partial charge in [-0.05, 0) is 39.5 Å². The number of benzene rings is 1. The number of carbonyl (C=O) groups is 1. The van der Waals surface area contributed by atoms with E-state index in [9.17, 15) is 4.79 Å². The Balaban J connectivity index is 1.94. The Bertz CT molecular complexity index is 587. The lowest BCUT2D eigenvalue weighted by molar-refractivity contribution is 0.0951. The number of hydrogen-bond acceptors (Lipinski definition) is 2. The van der Waals surface area contributed by atoms with Crippen LogP contribution in [-0.4, -0.2) is 17.1 Å². The molecule has 0 saturated carbocycles. The first-order valence-corrected chi connectivity index (χ1v) is 6.74. The molecule has 1 heterocycles. The summed E-state index contributed by atoms with van der Waals surface area (Å²) in [6.07, 6.45) is 4.33. The Hall–Kier alpha value is -1.88. The topological polar surface area (TPSA) is 57.2 Å². The number of aromatic amines is 1. The van der Waals surface area contributed by atoms with Crippen molar-refractivity contribution in [3.63, 3.8) is 0 Å². The zero-order valence-electron chi connectivity index (χ0n) is 10.5. The molecule has 1 aromatic carbocycles. The molecule has 1 amide bonds. The molecule has 0 aliphatic rings. The van der Waals surface area contributed by atoms with Crippen LogP contribution in [0, 0.1) is 0 Å². The Morgan fingerprint density at radius 3 is 2.74 bits per heavy atom. The molecular weight excluding hydrogens is 306 g/mol. The molecule has 0 aliphatic heterocycles. The summed E-state index contributed by atoms with van der Waals surface area (Å²) in [4.78, 5) is 14.5. The van der Waals surface area contributed by atoms with Crippen LogP contribution >= 0.6 is 15.9 Å². The van der Waals surface area contributed by atoms with Gasteiger partial charge in [-0.2, -0.15) is 5.10 Å². The van der Waals surface area contributed by atoms with E-state index in [1.165, 1.54) is 5.56 Å². The third-order valence-electron chi connectivity index (χ3n) is 2.66. The normalized spacial score (nSPS) is 10.8. The smallest absolute Gasteiger partial charge is 0.287 e. The summed E-state index contributed by atoms with van der Waals surface area (Å²) in [7, 11) is 0. The van der Waals surface area contributed by atoms with E-state index in [1.807, 2.05) is 24.3 Å². The van der Waals surface area contributed by atoms with Crippen LogP contribution in [0.15, 0.2) is 46.1 Å². The number of halogens is 1. The van der Waals surface area contributed by atoms with Crippen LogP contribution in [0.3, 0.4) is 0 Å². The third kappa shape index (κ3) is 3.79. The van der Waals surface area contributed by atoms with Crippen LogP contribution in [-0.2, 0) is 6.42 Å². The fourth-order valence-corrected chi connectivity index (χ4v) is 1.91. The second kappa shape index (κ2) is 6.33. The van der Waals surface area contributed by atoms with Crippen LogP contribution in [0.1, 0.15) is 28.5 Å². The van der Waals surface area contributed by atoms with Crippen molar-refractivity contribution in [2.75, 3.05) is 0 Å². The summed E-state index contributed by atoms with van der Waals surface area (Å²) in [5, 5.41) is 3.92. The fourth-order valence-electron chi connectivity index (χ4n) is 1.56. The number of carbonyl (C=O) groups excluding carboxylic acids is 1. The molecule has 5 heteroatoms. The lowest BCUT2D eigenvalue weighted by Crippen LogP contribution is -2.17. The minimum absolute atomic E-state index is 0.271. The summed E-state index contributed by atoms with van der Waals surface area (Å²) in [5.74, 6) is -0.271. The highest BCUT2D eigenvalue weighted by molar-refractivity contribution is 9.10. The van der Waals surface area contributed by atoms with Gasteiger partial charge in [0.25, 0.3) is 5.91 Å². The van der Waals surface area contributed by atoms with Crippen LogP contribution in [0.25, 0.3) is 0 Å². The van der Waals surface area contributed by atoms with Gasteiger partial charge in [0.05, 0.1) is 6.21 Å². The molecule has 0 spiro atoms. The molecule has 0 unspecified atom stereocenters. The predicted molar refractivity (Wildman–Crippen MR) is 79.4 cm³/mol. The second-order valence-corrected chi connectivity index (χ2v) is 4.94. The molecule has 0 aliphatic carbocycles. The standard InChI is InChI=1S/C14H14BrN3O/c1-2-10-3-5-11(6-4-10)8-17-18-14(19)13-7-12(15)9-16-13/h3-9,16H,2H2,1H3,(H,18,19)/b17-8-. The Kier molecular flexibility index (Phi) is 4.52. The van der Waals surface area contributed by atoms with Crippen molar-refractivity contribution < 1.29 is 4.79 Å². The lowest BCUT2D eigenvalue weighted by Gasteiger charge is -1.98. The van der Waals surface area contributed by atoms with E-state index < -0.39 is 0 Å². The summed E-state index contributed by atoms with van der Waals surface area (Å²) in [5.41, 5.74) is 5.16. The summed E-state index contributed by atoms with van der Waals surface area (Å²) < 4.78 is 0.830. The number of nitrogens with one attached hydrogen (secondary N) is 2. The van der Waals surface area contributed by atoms with Crippen LogP contribution < -0.4 is 5.43 Å². The van der Waals surface area contributed by atoms with Crippen molar-refractivity contribution in [1.29, 1.82) is 0 Å². The third-order valence-corrected chi connectivity index (χ3v) is 3.12. The second-order valence-electron chi connectivity index (χ2n) is 4.03. The Labute approximate surface area is 120 Å². The number of nitrogens with zero attached hydrogens (tertiary/aromatic N) is 1. The van der Waals surface area contributed by atoms with Gasteiger partial charge in [-0.25, -0.2) is 5.43 Å². The van der Waals surface area contributed by atoms with E-state index >= 15 is 0 Å². The first-order valence-electron chi connectivity index (χ1n) is 5.95. The first-order chi connectivity index (χ1) is 9.19. The van der Waals surface area contributed by atoms with Gasteiger partial charge in [0.15, 0.2) is 0 Å². The van der Waals surface area contributed by atoms with Crippen molar-refractivity contribution in [3.05, 3.63) is 57.8 Å². The van der Waals surface area contributed by atoms with E-state index in [0.717, 1.165) is 16.5 Å². The van der Waals surface area contributed by atoms with E-state index in [-0.39, 0.29) is 5.91 Å². The minimum Gasteiger partial charge on any atom is -0.356 e. The number of hydrazone groups is 1. The molecule has 0 bridgehead atoms. The molecule has 1 aromatic heterocycles. The number of hydrogen-bond donors (Lipinski definition) is 2. The van der Waals surface area contributed by atoms with Gasteiger partial charge in [-0.3, -0.25) is 4.79 Å². The first kappa shape index (κ1) is 13.5. The molecule has 2 rings (SSSR count). The predicted octanol–water partition coefficient (Wildman–Crippen LogP) is 3.10. The number of amides is 1. The van der Waals surface area contributed by atoms with Crippen molar-refractivity contribution in [2.45, 2.75) is 13.3 Å². The Morgan fingerprint density at radius 2 is 2.16 bits per heavy atom. The van der Waals surface area contributed by atoms with Gasteiger partial charge in [0.2, 0.25) is 0 Å². The molecule has 0 atom stereocenters. The molecular formula is C14H14BrN3O. The average Bonchev–Trinajstić information content (AvgIpc) is 2.86. The molecule has 2 aromatic rings. The molecule has 2 N–H and O–H groups in total. The molecule has 19 heavy (non-hydrogen) atoms. The molecule has 4 nitrogen and oxygen atoms in total. The van der Waals surface area contributed by atoms with Crippen molar-refractivity contribution in [1.82, 2.24) is 10.4 Å². The highest BCUT2D eigenvalue weighted by Crippen LogP contribution is 2.10. The quantitative estimate of drug-likeness (QED) is 0.660. The largest absolute Gasteiger partial charge is 0.356 e. The van der Waals surface area contributed by atoms with Gasteiger partial charge in [-0.15, -0.1) is 0 Å². The summed E-state index contributed by atoms with van der Waals surface area (Å²) in [6, 6.07) is 9.73. The van der Waals surface area contributed by atoms with E-state index in [1.54, 1.807) is 18.5 Å². The van der Waals surface area contributed by atoms with Crippen molar-refractivity contribution in [2.24, 2.45) is 5.10 Å². The van der Waals surface area contributed by atoms with Crippen molar-refractivity contribution >= 4 is 28.1 Å². The maximum atomic E-state index is 11.7. The number of aryl methyl sites for hydroxylation is 1. The molecule has 98 valence electrons. The number of H-pyrrole nitrogens is 1. The van der Waals surface area contributed by atoms with Gasteiger partial charge >= 0.3 is 0 Å². The maximum Gasteiger partial charge on any atom is 0.287 e. The fraction of sp³-hybridized carbons (Fsp3) is 0.143. The average molecular weight is 320 g/mol. The van der Waals surface area contributed by atoms with Crippen molar-refractivity contribution in [3.8, 4) is 0 Å². The zero-order chi connectivity index (χ0) is 13.7. The van der Waals surface area contributed by atoms with Gasteiger partial charge in [0, 0.05) is 10.7 Å². The molecule has 0 saturated heterocycles. The van der Waals surface area contributed by atoms with Crippen LogP contribution in [0.5, 0.6) is 0 Å². The summed E-state index contributed by atoms with van der Waals surface area (Å²) >= 11 is 3.27. The minimum atomic E-state index is -0.271. The summed E-state index contributed by atoms with van der Waals surface area (Å²) in [6.45, 7) is 2.11. The van der Waals surface area contributed by atoms with Crippen LogP contribution in [0.4, 0.5) is 0 Å². The maximum absolute atomic E-state index is 11.7. The van der Waals surface area contributed by atoms with E-state index in [4.69, 9.17) is 0 Å². The van der Waals surface area contributed by atoms with E-state index in [0.29, 0.717) is 5.69 Å².